The summed E-state index contributed by atoms with van der Waals surface area (Å²) in [6.07, 6.45) is 0.886. The van der Waals surface area contributed by atoms with E-state index in [1.54, 1.807) is 33.9 Å². The maximum atomic E-state index is 11.5. The zero-order valence-corrected chi connectivity index (χ0v) is 10.6. The number of carbonyl (C=O) groups is 2. The molecule has 1 amide bonds. The Morgan fingerprint density at radius 1 is 1.35 bits per heavy atom. The summed E-state index contributed by atoms with van der Waals surface area (Å²) in [6.45, 7) is 7.03. The summed E-state index contributed by atoms with van der Waals surface area (Å²) in [5.74, 6) is -0.448. The minimum atomic E-state index is -0.760. The fraction of sp³-hybridized carbons (Fsp3) is 0.727. The highest BCUT2D eigenvalue weighted by Crippen LogP contribution is 2.09. The normalized spacial score (nSPS) is 10.3. The molecule has 0 fully saturated rings. The van der Waals surface area contributed by atoms with Gasteiger partial charge in [0.2, 0.25) is 0 Å². The van der Waals surface area contributed by atoms with Crippen molar-refractivity contribution in [3.05, 3.63) is 0 Å². The molecule has 0 aromatic carbocycles. The molecule has 0 rings (SSSR count). The third kappa shape index (κ3) is 7.17. The molecule has 0 saturated heterocycles. The van der Waals surface area contributed by atoms with Crippen molar-refractivity contribution in [2.45, 2.75) is 39.7 Å². The largest absolute Gasteiger partial charge is 0.466 e. The quantitative estimate of drug-likeness (QED) is 0.425. The minimum Gasteiger partial charge on any atom is -0.466 e. The third-order valence-corrected chi connectivity index (χ3v) is 1.58. The van der Waals surface area contributed by atoms with Crippen LogP contribution in [0.3, 0.4) is 0 Å². The molecule has 0 N–H and O–H groups in total. The molecule has 0 unspecified atom stereocenters. The lowest BCUT2D eigenvalue weighted by Crippen LogP contribution is -2.35. The van der Waals surface area contributed by atoms with Crippen LogP contribution in [0.2, 0.25) is 0 Å². The van der Waals surface area contributed by atoms with Crippen molar-refractivity contribution in [2.75, 3.05) is 13.2 Å². The zero-order chi connectivity index (χ0) is 13.5. The number of nitrogens with zero attached hydrogens (tertiary/aromatic N) is 2. The van der Waals surface area contributed by atoms with Crippen LogP contribution in [-0.4, -0.2) is 35.7 Å². The molecule has 0 aromatic rings. The van der Waals surface area contributed by atoms with Gasteiger partial charge in [0.1, 0.15) is 5.60 Å². The smallest absolute Gasteiger partial charge is 0.423 e. The van der Waals surface area contributed by atoms with Crippen molar-refractivity contribution >= 4 is 12.1 Å². The van der Waals surface area contributed by atoms with Crippen LogP contribution in [0.5, 0.6) is 0 Å². The maximum absolute atomic E-state index is 11.5. The number of hydrogen-bond acceptors (Lipinski definition) is 5. The second-order valence-electron chi connectivity index (χ2n) is 4.29. The Balaban J connectivity index is 4.21. The van der Waals surface area contributed by atoms with E-state index in [1.807, 2.05) is 0 Å². The summed E-state index contributed by atoms with van der Waals surface area (Å²) >= 11 is 0. The van der Waals surface area contributed by atoms with E-state index in [9.17, 15) is 9.59 Å². The number of rotatable bonds is 4. The predicted molar refractivity (Wildman–Crippen MR) is 59.8 cm³/mol. The Kier molecular flexibility index (Phi) is 6.03. The topological polar surface area (TPSA) is 79.6 Å². The molecule has 0 aliphatic rings. The Labute approximate surface area is 101 Å². The molecular formula is C11H18N2O4. The van der Waals surface area contributed by atoms with Crippen LogP contribution < -0.4 is 0 Å². The number of amides is 1. The zero-order valence-electron chi connectivity index (χ0n) is 10.6. The molecule has 96 valence electrons. The molecule has 0 aromatic heterocycles. The molecule has 0 atom stereocenters. The summed E-state index contributed by atoms with van der Waals surface area (Å²) in [7, 11) is 0. The summed E-state index contributed by atoms with van der Waals surface area (Å²) in [6, 6.07) is 0. The predicted octanol–water partition coefficient (Wildman–Crippen LogP) is 1.66. The van der Waals surface area contributed by atoms with Crippen LogP contribution in [0.25, 0.3) is 0 Å². The van der Waals surface area contributed by atoms with Gasteiger partial charge >= 0.3 is 12.1 Å². The van der Waals surface area contributed by atoms with Gasteiger partial charge in [0.15, 0.2) is 6.19 Å². The van der Waals surface area contributed by atoms with Crippen LogP contribution in [0, 0.1) is 11.5 Å². The highest BCUT2D eigenvalue weighted by Gasteiger charge is 2.22. The van der Waals surface area contributed by atoms with E-state index in [0.717, 1.165) is 4.90 Å². The molecule has 0 bridgehead atoms. The maximum Gasteiger partial charge on any atom is 0.423 e. The number of ether oxygens (including phenoxy) is 2. The van der Waals surface area contributed by atoms with Crippen LogP contribution in [0.15, 0.2) is 0 Å². The Bertz CT molecular complexity index is 314. The Morgan fingerprint density at radius 2 is 1.94 bits per heavy atom. The minimum absolute atomic E-state index is 0.0271. The molecule has 0 heterocycles. The van der Waals surface area contributed by atoms with Crippen LogP contribution in [0.1, 0.15) is 34.1 Å². The first-order chi connectivity index (χ1) is 7.80. The van der Waals surface area contributed by atoms with E-state index >= 15 is 0 Å². The van der Waals surface area contributed by atoms with Gasteiger partial charge in [-0.05, 0) is 27.7 Å². The summed E-state index contributed by atoms with van der Waals surface area (Å²) < 4.78 is 9.69. The summed E-state index contributed by atoms with van der Waals surface area (Å²) in [5.41, 5.74) is -0.671. The number of nitriles is 1. The van der Waals surface area contributed by atoms with Gasteiger partial charge in [-0.3, -0.25) is 4.79 Å². The molecule has 17 heavy (non-hydrogen) atoms. The van der Waals surface area contributed by atoms with Crippen molar-refractivity contribution in [3.63, 3.8) is 0 Å². The van der Waals surface area contributed by atoms with Gasteiger partial charge in [0.05, 0.1) is 19.6 Å². The average molecular weight is 242 g/mol. The Morgan fingerprint density at radius 3 is 2.35 bits per heavy atom. The van der Waals surface area contributed by atoms with Gasteiger partial charge < -0.3 is 9.47 Å². The van der Waals surface area contributed by atoms with Crippen LogP contribution in [0.4, 0.5) is 4.79 Å². The first kappa shape index (κ1) is 15.2. The van der Waals surface area contributed by atoms with Gasteiger partial charge in [-0.1, -0.05) is 0 Å². The lowest BCUT2D eigenvalue weighted by Gasteiger charge is -2.22. The van der Waals surface area contributed by atoms with E-state index in [4.69, 9.17) is 14.7 Å². The molecule has 0 aliphatic carbocycles. The standard InChI is InChI=1S/C11H18N2O4/c1-5-16-9(14)6-7-13(8-12)10(15)17-11(2,3)4/h5-7H2,1-4H3. The van der Waals surface area contributed by atoms with E-state index < -0.39 is 17.7 Å². The molecule has 0 radical (unpaired) electrons. The Hall–Kier alpha value is -1.77. The lowest BCUT2D eigenvalue weighted by molar-refractivity contribution is -0.143. The average Bonchev–Trinajstić information content (AvgIpc) is 2.16. The van der Waals surface area contributed by atoms with Crippen LogP contribution in [-0.2, 0) is 14.3 Å². The molecule has 0 saturated carbocycles. The first-order valence-corrected chi connectivity index (χ1v) is 5.36. The van der Waals surface area contributed by atoms with Gasteiger partial charge in [-0.2, -0.15) is 5.26 Å². The molecule has 6 heteroatoms. The first-order valence-electron chi connectivity index (χ1n) is 5.36. The van der Waals surface area contributed by atoms with Gasteiger partial charge in [-0.25, -0.2) is 9.69 Å². The van der Waals surface area contributed by atoms with E-state index in [0.29, 0.717) is 0 Å². The van der Waals surface area contributed by atoms with E-state index in [-0.39, 0.29) is 19.6 Å². The van der Waals surface area contributed by atoms with Crippen molar-refractivity contribution in [3.8, 4) is 6.19 Å². The molecule has 0 aliphatic heterocycles. The lowest BCUT2D eigenvalue weighted by atomic mass is 10.2. The van der Waals surface area contributed by atoms with Crippen molar-refractivity contribution < 1.29 is 19.1 Å². The number of hydrogen-bond donors (Lipinski definition) is 0. The van der Waals surface area contributed by atoms with Crippen molar-refractivity contribution in [2.24, 2.45) is 0 Å². The highest BCUT2D eigenvalue weighted by atomic mass is 16.6. The van der Waals surface area contributed by atoms with E-state index in [2.05, 4.69) is 0 Å². The van der Waals surface area contributed by atoms with Gasteiger partial charge in [0, 0.05) is 0 Å². The molecule has 0 spiro atoms. The van der Waals surface area contributed by atoms with Crippen molar-refractivity contribution in [1.29, 1.82) is 5.26 Å². The van der Waals surface area contributed by atoms with Gasteiger partial charge in [-0.15, -0.1) is 0 Å². The SMILES string of the molecule is CCOC(=O)CCN(C#N)C(=O)OC(C)(C)C. The summed E-state index contributed by atoms with van der Waals surface area (Å²) in [5, 5.41) is 8.76. The monoisotopic (exact) mass is 242 g/mol. The highest BCUT2D eigenvalue weighted by molar-refractivity contribution is 5.73. The fourth-order valence-corrected chi connectivity index (χ4v) is 0.935. The second kappa shape index (κ2) is 6.74. The van der Waals surface area contributed by atoms with Crippen LogP contribution >= 0.6 is 0 Å². The summed E-state index contributed by atoms with van der Waals surface area (Å²) in [4.78, 5) is 23.3. The second-order valence-corrected chi connectivity index (χ2v) is 4.29. The van der Waals surface area contributed by atoms with Crippen molar-refractivity contribution in [1.82, 2.24) is 4.90 Å². The molecular weight excluding hydrogens is 224 g/mol. The van der Waals surface area contributed by atoms with E-state index in [1.165, 1.54) is 0 Å². The number of carbonyl (C=O) groups excluding carboxylic acids is 2. The third-order valence-electron chi connectivity index (χ3n) is 1.58. The number of esters is 1. The molecule has 6 nitrogen and oxygen atoms in total. The van der Waals surface area contributed by atoms with Gasteiger partial charge in [0.25, 0.3) is 0 Å². The fourth-order valence-electron chi connectivity index (χ4n) is 0.935.